The lowest BCUT2D eigenvalue weighted by atomic mass is 10.3. The third kappa shape index (κ3) is 3.94. The molecule has 0 rings (SSSR count). The molecule has 0 aromatic rings. The molecule has 0 aromatic carbocycles. The molecule has 2 nitrogen and oxygen atoms in total. The molecule has 0 fully saturated rings. The molecule has 1 atom stereocenters. The Morgan fingerprint density at radius 3 is 2.67 bits per heavy atom. The maximum absolute atomic E-state index is 12.4. The third-order valence-corrected chi connectivity index (χ3v) is 1.11. The number of hydrogen-bond acceptors (Lipinski definition) is 1. The normalized spacial score (nSPS) is 12.8. The fourth-order valence-electron chi connectivity index (χ4n) is 0.485. The summed E-state index contributed by atoms with van der Waals surface area (Å²) < 4.78 is 12.4. The van der Waals surface area contributed by atoms with E-state index in [1.807, 2.05) is 0 Å². The Kier molecular flexibility index (Phi) is 4.01. The first-order valence-corrected chi connectivity index (χ1v) is 3.00. The van der Waals surface area contributed by atoms with Crippen molar-refractivity contribution in [2.45, 2.75) is 19.5 Å². The van der Waals surface area contributed by atoms with Crippen molar-refractivity contribution in [2.24, 2.45) is 0 Å². The molecule has 0 aliphatic heterocycles. The molecule has 54 valence electrons. The molecule has 0 aromatic heterocycles. The Morgan fingerprint density at radius 1 is 1.78 bits per heavy atom. The number of carbonyl (C=O) groups is 1. The van der Waals surface area contributed by atoms with Gasteiger partial charge in [0.25, 0.3) is 0 Å². The quantitative estimate of drug-likeness (QED) is 0.520. The lowest BCUT2D eigenvalue weighted by molar-refractivity contribution is -0.117. The first-order chi connectivity index (χ1) is 4.20. The Morgan fingerprint density at radius 2 is 2.33 bits per heavy atom. The van der Waals surface area contributed by atoms with E-state index in [2.05, 4.69) is 0 Å². The first-order valence-electron chi connectivity index (χ1n) is 3.00. The van der Waals surface area contributed by atoms with Crippen LogP contribution in [-0.2, 0) is 4.79 Å². The van der Waals surface area contributed by atoms with Crippen molar-refractivity contribution < 1.29 is 9.18 Å². The van der Waals surface area contributed by atoms with E-state index >= 15 is 0 Å². The number of halogens is 1. The maximum atomic E-state index is 12.4. The van der Waals surface area contributed by atoms with Crippen LogP contribution < -0.4 is 0 Å². The molecule has 1 unspecified atom stereocenters. The second kappa shape index (κ2) is 4.30. The van der Waals surface area contributed by atoms with Crippen LogP contribution in [0.4, 0.5) is 4.39 Å². The molecule has 0 spiro atoms. The Hall–Kier alpha value is -0.600. The predicted molar refractivity (Wildman–Crippen MR) is 33.9 cm³/mol. The van der Waals surface area contributed by atoms with Crippen LogP contribution in [0.5, 0.6) is 0 Å². The van der Waals surface area contributed by atoms with Crippen molar-refractivity contribution >= 4 is 6.41 Å². The van der Waals surface area contributed by atoms with Crippen LogP contribution in [0, 0.1) is 0 Å². The Balaban J connectivity index is 3.33. The molecule has 0 aliphatic rings. The summed E-state index contributed by atoms with van der Waals surface area (Å²) in [6.07, 6.45) is 0.223. The topological polar surface area (TPSA) is 20.3 Å². The summed E-state index contributed by atoms with van der Waals surface area (Å²) in [5.74, 6) is 0. The first kappa shape index (κ1) is 8.40. The molecule has 0 saturated carbocycles. The van der Waals surface area contributed by atoms with Crippen molar-refractivity contribution in [1.82, 2.24) is 4.90 Å². The van der Waals surface area contributed by atoms with E-state index < -0.39 is 6.17 Å². The molecule has 0 bridgehead atoms. The number of amides is 1. The third-order valence-electron chi connectivity index (χ3n) is 1.11. The van der Waals surface area contributed by atoms with Crippen molar-refractivity contribution in [1.29, 1.82) is 0 Å². The van der Waals surface area contributed by atoms with Gasteiger partial charge in [-0.2, -0.15) is 0 Å². The molecule has 1 amide bonds. The fourth-order valence-corrected chi connectivity index (χ4v) is 0.485. The summed E-state index contributed by atoms with van der Waals surface area (Å²) >= 11 is 0. The summed E-state index contributed by atoms with van der Waals surface area (Å²) in [6.45, 7) is 1.96. The monoisotopic (exact) mass is 133 g/mol. The molecule has 9 heavy (non-hydrogen) atoms. The van der Waals surface area contributed by atoms with Gasteiger partial charge in [0.2, 0.25) is 6.41 Å². The van der Waals surface area contributed by atoms with Crippen LogP contribution in [0.2, 0.25) is 0 Å². The molecule has 0 heterocycles. The van der Waals surface area contributed by atoms with E-state index in [0.29, 0.717) is 12.8 Å². The van der Waals surface area contributed by atoms with Crippen molar-refractivity contribution in [3.05, 3.63) is 0 Å². The van der Waals surface area contributed by atoms with Gasteiger partial charge in [0, 0.05) is 7.05 Å². The molecule has 3 heteroatoms. The lowest BCUT2D eigenvalue weighted by Crippen LogP contribution is -2.24. The van der Waals surface area contributed by atoms with Gasteiger partial charge in [-0.25, -0.2) is 4.39 Å². The highest BCUT2D eigenvalue weighted by Crippen LogP contribution is 1.96. The van der Waals surface area contributed by atoms with Gasteiger partial charge >= 0.3 is 0 Å². The summed E-state index contributed by atoms with van der Waals surface area (Å²) in [4.78, 5) is 11.2. The smallest absolute Gasteiger partial charge is 0.209 e. The summed E-state index contributed by atoms with van der Waals surface area (Å²) in [6, 6.07) is 0. The minimum absolute atomic E-state index is 0.208. The molecule has 0 N–H and O–H groups in total. The average Bonchev–Trinajstić information content (AvgIpc) is 1.87. The number of hydrogen-bond donors (Lipinski definition) is 0. The Labute approximate surface area is 54.7 Å². The molecule has 0 radical (unpaired) electrons. The van der Waals surface area contributed by atoms with Crippen LogP contribution in [0.25, 0.3) is 0 Å². The lowest BCUT2D eigenvalue weighted by Gasteiger charge is -2.11. The van der Waals surface area contributed by atoms with Crippen molar-refractivity contribution in [2.75, 3.05) is 13.6 Å². The zero-order chi connectivity index (χ0) is 7.28. The summed E-state index contributed by atoms with van der Waals surface area (Å²) in [5.41, 5.74) is 0. The summed E-state index contributed by atoms with van der Waals surface area (Å²) in [5, 5.41) is 0. The maximum Gasteiger partial charge on any atom is 0.209 e. The number of nitrogens with zero attached hydrogens (tertiary/aromatic N) is 1. The van der Waals surface area contributed by atoms with E-state index in [-0.39, 0.29) is 6.54 Å². The van der Waals surface area contributed by atoms with E-state index in [0.717, 1.165) is 0 Å². The second-order valence-corrected chi connectivity index (χ2v) is 2.05. The largest absolute Gasteiger partial charge is 0.345 e. The molecule has 0 saturated heterocycles. The predicted octanol–water partition coefficient (Wildman–Crippen LogP) is 0.823. The molecule has 0 aliphatic carbocycles. The van der Waals surface area contributed by atoms with E-state index in [1.54, 1.807) is 14.0 Å². The molecular weight excluding hydrogens is 121 g/mol. The van der Waals surface area contributed by atoms with Crippen LogP contribution in [0.1, 0.15) is 13.3 Å². The summed E-state index contributed by atoms with van der Waals surface area (Å²) in [7, 11) is 1.56. The number of rotatable bonds is 4. The van der Waals surface area contributed by atoms with E-state index in [4.69, 9.17) is 0 Å². The standard InChI is InChI=1S/C6H12FNO/c1-3-6(7)4-8(2)5-9/h5-6H,3-4H2,1-2H3. The van der Waals surface area contributed by atoms with Gasteiger partial charge in [-0.1, -0.05) is 6.92 Å². The highest BCUT2D eigenvalue weighted by molar-refractivity contribution is 5.46. The molecular formula is C6H12FNO. The number of alkyl halides is 1. The number of carbonyl (C=O) groups excluding carboxylic acids is 1. The van der Waals surface area contributed by atoms with Crippen LogP contribution in [0.3, 0.4) is 0 Å². The second-order valence-electron chi connectivity index (χ2n) is 2.05. The average molecular weight is 133 g/mol. The van der Waals surface area contributed by atoms with Gasteiger partial charge in [0.1, 0.15) is 6.17 Å². The van der Waals surface area contributed by atoms with Crippen molar-refractivity contribution in [3.8, 4) is 0 Å². The van der Waals surface area contributed by atoms with Gasteiger partial charge in [-0.3, -0.25) is 4.79 Å². The van der Waals surface area contributed by atoms with E-state index in [1.165, 1.54) is 4.90 Å². The SMILES string of the molecule is CCC(F)CN(C)C=O. The van der Waals surface area contributed by atoms with Gasteiger partial charge in [-0.15, -0.1) is 0 Å². The zero-order valence-electron chi connectivity index (χ0n) is 5.80. The van der Waals surface area contributed by atoms with Crippen LogP contribution >= 0.6 is 0 Å². The fraction of sp³-hybridized carbons (Fsp3) is 0.833. The minimum atomic E-state index is -0.875. The van der Waals surface area contributed by atoms with Crippen LogP contribution in [-0.4, -0.2) is 31.1 Å². The van der Waals surface area contributed by atoms with Gasteiger partial charge < -0.3 is 4.90 Å². The van der Waals surface area contributed by atoms with Crippen molar-refractivity contribution in [3.63, 3.8) is 0 Å². The van der Waals surface area contributed by atoms with Crippen LogP contribution in [0.15, 0.2) is 0 Å². The zero-order valence-corrected chi connectivity index (χ0v) is 5.80. The van der Waals surface area contributed by atoms with Gasteiger partial charge in [0.05, 0.1) is 6.54 Å². The minimum Gasteiger partial charge on any atom is -0.345 e. The Bertz CT molecular complexity index is 87.1. The highest BCUT2D eigenvalue weighted by Gasteiger charge is 2.04. The highest BCUT2D eigenvalue weighted by atomic mass is 19.1. The van der Waals surface area contributed by atoms with Gasteiger partial charge in [0.15, 0.2) is 0 Å². The van der Waals surface area contributed by atoms with E-state index in [9.17, 15) is 9.18 Å². The van der Waals surface area contributed by atoms with Gasteiger partial charge in [-0.05, 0) is 6.42 Å².